The van der Waals surface area contributed by atoms with Crippen molar-refractivity contribution in [2.75, 3.05) is 5.32 Å². The van der Waals surface area contributed by atoms with Gasteiger partial charge in [-0.2, -0.15) is 13.2 Å². The zero-order valence-corrected chi connectivity index (χ0v) is 26.1. The number of carboxylic acids is 1. The molecule has 11 nitrogen and oxygen atoms in total. The lowest BCUT2D eigenvalue weighted by molar-refractivity contribution is -0.139. The van der Waals surface area contributed by atoms with Gasteiger partial charge >= 0.3 is 18.2 Å². The number of carbonyl (C=O) groups is 4. The highest BCUT2D eigenvalue weighted by molar-refractivity contribution is 5.98. The van der Waals surface area contributed by atoms with Gasteiger partial charge in [0.1, 0.15) is 17.2 Å². The van der Waals surface area contributed by atoms with Crippen molar-refractivity contribution in [2.24, 2.45) is 0 Å². The Bertz CT molecular complexity index is 1520. The Hall–Kier alpha value is -4.88. The zero-order chi connectivity index (χ0) is 34.3. The zero-order valence-electron chi connectivity index (χ0n) is 26.1. The molecule has 0 aliphatic heterocycles. The number of alkyl carbamates (subject to hydrolysis) is 1. The van der Waals surface area contributed by atoms with Crippen LogP contribution in [-0.4, -0.2) is 55.7 Å². The minimum Gasteiger partial charge on any atom is -0.479 e. The first-order valence-electron chi connectivity index (χ1n) is 14.5. The van der Waals surface area contributed by atoms with E-state index in [4.69, 9.17) is 4.74 Å². The van der Waals surface area contributed by atoms with Crippen LogP contribution in [0, 0.1) is 0 Å². The minimum absolute atomic E-state index is 0. The standard InChI is InChI=1S/C32H38F3N5O6.CH4/c1-30(2,3)46-29(45)39-31(4,5)28(44)37-23(13-9-12-20-10-7-6-8-11-20)26(41)38-24-18-40(19-36-24)25(27(42)43)21-14-16-22(17-15-21)32(33,34)35;/h6-8,10-11,14-19,23,25H,9,12-13H2,1-5H3,(H,37,44)(H,38,41)(H,39,45)(H,42,43);1H4. The first-order chi connectivity index (χ1) is 21.4. The average Bonchev–Trinajstić information content (AvgIpc) is 3.38. The molecule has 0 spiro atoms. The largest absolute Gasteiger partial charge is 0.479 e. The lowest BCUT2D eigenvalue weighted by atomic mass is 10.0. The number of alkyl halides is 3. The van der Waals surface area contributed by atoms with Crippen LogP contribution in [0.5, 0.6) is 0 Å². The molecule has 14 heteroatoms. The van der Waals surface area contributed by atoms with Crippen LogP contribution in [0.3, 0.4) is 0 Å². The molecule has 2 atom stereocenters. The molecule has 3 rings (SSSR count). The van der Waals surface area contributed by atoms with Crippen LogP contribution < -0.4 is 16.0 Å². The summed E-state index contributed by atoms with van der Waals surface area (Å²) in [7, 11) is 0. The smallest absolute Gasteiger partial charge is 0.416 e. The number of carbonyl (C=O) groups excluding carboxylic acids is 3. The Labute approximate surface area is 271 Å². The number of carboxylic acid groups (broad SMARTS) is 1. The van der Waals surface area contributed by atoms with E-state index in [1.807, 2.05) is 30.3 Å². The number of nitrogens with zero attached hydrogens (tertiary/aromatic N) is 2. The second kappa shape index (κ2) is 15.6. The molecule has 256 valence electrons. The first kappa shape index (κ1) is 38.3. The van der Waals surface area contributed by atoms with E-state index in [0.29, 0.717) is 12.8 Å². The number of halogens is 3. The summed E-state index contributed by atoms with van der Waals surface area (Å²) < 4.78 is 45.4. The highest BCUT2D eigenvalue weighted by atomic mass is 19.4. The number of hydrogen-bond donors (Lipinski definition) is 4. The van der Waals surface area contributed by atoms with E-state index in [1.54, 1.807) is 20.8 Å². The second-order valence-electron chi connectivity index (χ2n) is 12.2. The first-order valence-corrected chi connectivity index (χ1v) is 14.5. The summed E-state index contributed by atoms with van der Waals surface area (Å²) in [6, 6.07) is 10.7. The van der Waals surface area contributed by atoms with Gasteiger partial charge < -0.3 is 30.4 Å². The number of ether oxygens (including phenoxy) is 1. The molecule has 0 aliphatic rings. The topological polar surface area (TPSA) is 152 Å². The fourth-order valence-electron chi connectivity index (χ4n) is 4.43. The highest BCUT2D eigenvalue weighted by Crippen LogP contribution is 2.31. The van der Waals surface area contributed by atoms with Crippen LogP contribution in [0.1, 0.15) is 77.6 Å². The average molecular weight is 662 g/mol. The van der Waals surface area contributed by atoms with Gasteiger partial charge in [-0.25, -0.2) is 14.6 Å². The lowest BCUT2D eigenvalue weighted by Gasteiger charge is -2.29. The maximum Gasteiger partial charge on any atom is 0.416 e. The van der Waals surface area contributed by atoms with E-state index in [9.17, 15) is 37.5 Å². The van der Waals surface area contributed by atoms with E-state index >= 15 is 0 Å². The normalized spacial score (nSPS) is 13.0. The van der Waals surface area contributed by atoms with Gasteiger partial charge in [-0.3, -0.25) is 9.59 Å². The molecule has 0 bridgehead atoms. The predicted octanol–water partition coefficient (Wildman–Crippen LogP) is 5.96. The molecule has 3 amide bonds. The van der Waals surface area contributed by atoms with Gasteiger partial charge in [-0.05, 0) is 77.1 Å². The quantitative estimate of drug-likeness (QED) is 0.187. The number of aliphatic carboxylic acids is 1. The Morgan fingerprint density at radius 3 is 2.13 bits per heavy atom. The number of imidazole rings is 1. The monoisotopic (exact) mass is 661 g/mol. The number of hydrogen-bond acceptors (Lipinski definition) is 6. The van der Waals surface area contributed by atoms with Gasteiger partial charge in [0.15, 0.2) is 11.9 Å². The SMILES string of the molecule is C.CC(C)(C)OC(=O)NC(C)(C)C(=O)NC(CCCc1ccccc1)C(=O)Nc1cn(C(C(=O)O)c2ccc(C(F)(F)F)cc2)cn1. The third kappa shape index (κ3) is 11.5. The van der Waals surface area contributed by atoms with Gasteiger partial charge in [0, 0.05) is 6.20 Å². The van der Waals surface area contributed by atoms with Crippen LogP contribution in [0.15, 0.2) is 67.1 Å². The molecule has 3 aromatic rings. The molecule has 2 unspecified atom stereocenters. The van der Waals surface area contributed by atoms with Crippen molar-refractivity contribution < 1.29 is 42.2 Å². The second-order valence-corrected chi connectivity index (χ2v) is 12.2. The number of aromatic nitrogens is 2. The third-order valence-corrected chi connectivity index (χ3v) is 6.74. The molecule has 1 heterocycles. The molecule has 0 saturated carbocycles. The lowest BCUT2D eigenvalue weighted by Crippen LogP contribution is -2.58. The molecule has 1 aromatic heterocycles. The number of anilines is 1. The van der Waals surface area contributed by atoms with Gasteiger partial charge in [-0.15, -0.1) is 0 Å². The molecule has 0 aliphatic carbocycles. The summed E-state index contributed by atoms with van der Waals surface area (Å²) in [6.45, 7) is 7.95. The molecular weight excluding hydrogens is 619 g/mol. The van der Waals surface area contributed by atoms with E-state index in [0.717, 1.165) is 40.7 Å². The molecule has 4 N–H and O–H groups in total. The van der Waals surface area contributed by atoms with E-state index in [2.05, 4.69) is 20.9 Å². The molecule has 2 aromatic carbocycles. The number of nitrogens with one attached hydrogen (secondary N) is 3. The van der Waals surface area contributed by atoms with Crippen molar-refractivity contribution in [1.82, 2.24) is 20.2 Å². The number of rotatable bonds is 12. The van der Waals surface area contributed by atoms with Gasteiger partial charge in [-0.1, -0.05) is 49.9 Å². The fourth-order valence-corrected chi connectivity index (χ4v) is 4.43. The maximum atomic E-state index is 13.4. The van der Waals surface area contributed by atoms with Crippen LogP contribution >= 0.6 is 0 Å². The summed E-state index contributed by atoms with van der Waals surface area (Å²) in [4.78, 5) is 55.2. The number of amides is 3. The van der Waals surface area contributed by atoms with Crippen molar-refractivity contribution in [2.45, 2.75) is 90.7 Å². The Morgan fingerprint density at radius 2 is 1.57 bits per heavy atom. The summed E-state index contributed by atoms with van der Waals surface area (Å²) in [5.74, 6) is -2.71. The number of aryl methyl sites for hydroxylation is 1. The van der Waals surface area contributed by atoms with Crippen LogP contribution in [0.2, 0.25) is 0 Å². The van der Waals surface area contributed by atoms with Gasteiger partial charge in [0.2, 0.25) is 11.8 Å². The molecule has 0 fully saturated rings. The predicted molar refractivity (Wildman–Crippen MR) is 170 cm³/mol. The summed E-state index contributed by atoms with van der Waals surface area (Å²) >= 11 is 0. The Balaban J connectivity index is 0.00000768. The van der Waals surface area contributed by atoms with Crippen molar-refractivity contribution >= 4 is 29.7 Å². The van der Waals surface area contributed by atoms with E-state index in [1.165, 1.54) is 20.0 Å². The van der Waals surface area contributed by atoms with Crippen LogP contribution in [0.25, 0.3) is 0 Å². The van der Waals surface area contributed by atoms with Crippen molar-refractivity contribution in [3.05, 3.63) is 83.8 Å². The maximum absolute atomic E-state index is 13.4. The molecule has 47 heavy (non-hydrogen) atoms. The van der Waals surface area contributed by atoms with E-state index in [-0.39, 0.29) is 25.2 Å². The van der Waals surface area contributed by atoms with Crippen LogP contribution in [-0.2, 0) is 31.7 Å². The Kier molecular flexibility index (Phi) is 12.7. The molecule has 0 radical (unpaired) electrons. The van der Waals surface area contributed by atoms with Crippen molar-refractivity contribution in [3.63, 3.8) is 0 Å². The fraction of sp³-hybridized carbons (Fsp3) is 0.424. The van der Waals surface area contributed by atoms with Gasteiger partial charge in [0.05, 0.1) is 11.9 Å². The van der Waals surface area contributed by atoms with E-state index < -0.39 is 58.8 Å². The summed E-state index contributed by atoms with van der Waals surface area (Å²) in [5.41, 5.74) is -2.10. The minimum atomic E-state index is -4.59. The molecular formula is C33H42F3N5O6. The summed E-state index contributed by atoms with van der Waals surface area (Å²) in [5, 5.41) is 17.6. The van der Waals surface area contributed by atoms with Gasteiger partial charge in [0.25, 0.3) is 0 Å². The van der Waals surface area contributed by atoms with Crippen molar-refractivity contribution in [3.8, 4) is 0 Å². The van der Waals surface area contributed by atoms with Crippen molar-refractivity contribution in [1.29, 1.82) is 0 Å². The number of benzene rings is 2. The summed E-state index contributed by atoms with van der Waals surface area (Å²) in [6.07, 6.45) is -1.72. The highest BCUT2D eigenvalue weighted by Gasteiger charge is 2.35. The third-order valence-electron chi connectivity index (χ3n) is 6.74. The molecule has 0 saturated heterocycles. The Morgan fingerprint density at radius 1 is 0.957 bits per heavy atom. The van der Waals surface area contributed by atoms with Crippen LogP contribution in [0.4, 0.5) is 23.8 Å².